The molecule has 1 aliphatic carbocycles. The monoisotopic (exact) mass is 291 g/mol. The number of rotatable bonds is 5. The first-order chi connectivity index (χ1) is 10.1. The molecular formula is C15H15F2N3O. The zero-order chi connectivity index (χ0) is 14.8. The van der Waals surface area contributed by atoms with Crippen molar-refractivity contribution in [3.05, 3.63) is 58.0 Å². The van der Waals surface area contributed by atoms with E-state index >= 15 is 0 Å². The molecule has 0 atom stereocenters. The number of halogens is 2. The summed E-state index contributed by atoms with van der Waals surface area (Å²) >= 11 is 0. The van der Waals surface area contributed by atoms with Crippen LogP contribution in [0.2, 0.25) is 0 Å². The summed E-state index contributed by atoms with van der Waals surface area (Å²) in [6.45, 7) is 0.966. The summed E-state index contributed by atoms with van der Waals surface area (Å²) < 4.78 is 27.2. The topological polar surface area (TPSA) is 46.9 Å². The number of nitrogens with zero attached hydrogens (tertiary/aromatic N) is 2. The molecule has 6 heteroatoms. The van der Waals surface area contributed by atoms with E-state index < -0.39 is 11.6 Å². The van der Waals surface area contributed by atoms with Crippen molar-refractivity contribution in [3.63, 3.8) is 0 Å². The van der Waals surface area contributed by atoms with Gasteiger partial charge in [0.25, 0.3) is 5.56 Å². The first-order valence-corrected chi connectivity index (χ1v) is 6.87. The molecule has 0 spiro atoms. The van der Waals surface area contributed by atoms with Crippen LogP contribution in [0.1, 0.15) is 18.4 Å². The Morgan fingerprint density at radius 1 is 1.24 bits per heavy atom. The summed E-state index contributed by atoms with van der Waals surface area (Å²) in [5.41, 5.74) is 0.899. The lowest BCUT2D eigenvalue weighted by Gasteiger charge is -2.08. The minimum absolute atomic E-state index is 0.110. The summed E-state index contributed by atoms with van der Waals surface area (Å²) in [7, 11) is 0. The van der Waals surface area contributed by atoms with Gasteiger partial charge < -0.3 is 5.32 Å². The number of anilines is 1. The lowest BCUT2D eigenvalue weighted by Crippen LogP contribution is -2.23. The van der Waals surface area contributed by atoms with Gasteiger partial charge in [-0.2, -0.15) is 5.10 Å². The van der Waals surface area contributed by atoms with Gasteiger partial charge in [-0.1, -0.05) is 6.07 Å². The fourth-order valence-corrected chi connectivity index (χ4v) is 2.04. The van der Waals surface area contributed by atoms with Crippen LogP contribution in [-0.2, 0) is 6.54 Å². The van der Waals surface area contributed by atoms with Gasteiger partial charge in [0.15, 0.2) is 11.6 Å². The molecule has 1 aromatic heterocycles. The van der Waals surface area contributed by atoms with Gasteiger partial charge in [0, 0.05) is 12.6 Å². The molecule has 110 valence electrons. The smallest absolute Gasteiger partial charge is 0.269 e. The van der Waals surface area contributed by atoms with Gasteiger partial charge in [0.05, 0.1) is 18.4 Å². The zero-order valence-electron chi connectivity index (χ0n) is 11.4. The van der Waals surface area contributed by atoms with Crippen molar-refractivity contribution in [2.24, 2.45) is 5.92 Å². The Balaban J connectivity index is 1.72. The van der Waals surface area contributed by atoms with E-state index in [1.165, 1.54) is 29.7 Å². The van der Waals surface area contributed by atoms with E-state index in [1.54, 1.807) is 6.20 Å². The van der Waals surface area contributed by atoms with Crippen molar-refractivity contribution in [1.82, 2.24) is 9.78 Å². The normalized spacial score (nSPS) is 14.2. The second kappa shape index (κ2) is 5.63. The van der Waals surface area contributed by atoms with E-state index in [9.17, 15) is 13.6 Å². The van der Waals surface area contributed by atoms with Crippen molar-refractivity contribution in [2.75, 3.05) is 11.9 Å². The molecule has 0 saturated heterocycles. The molecule has 0 aliphatic heterocycles. The van der Waals surface area contributed by atoms with E-state index in [-0.39, 0.29) is 12.1 Å². The van der Waals surface area contributed by atoms with Crippen LogP contribution >= 0.6 is 0 Å². The number of nitrogens with one attached hydrogen (secondary N) is 1. The highest BCUT2D eigenvalue weighted by Gasteiger charge is 2.20. The van der Waals surface area contributed by atoms with Crippen LogP contribution in [0.3, 0.4) is 0 Å². The quantitative estimate of drug-likeness (QED) is 0.920. The molecule has 1 aromatic carbocycles. The first kappa shape index (κ1) is 13.7. The van der Waals surface area contributed by atoms with Crippen molar-refractivity contribution < 1.29 is 8.78 Å². The van der Waals surface area contributed by atoms with Crippen LogP contribution in [0.15, 0.2) is 35.3 Å². The fraction of sp³-hybridized carbons (Fsp3) is 0.333. The highest BCUT2D eigenvalue weighted by atomic mass is 19.2. The Morgan fingerprint density at radius 2 is 2.05 bits per heavy atom. The van der Waals surface area contributed by atoms with Crippen molar-refractivity contribution in [1.29, 1.82) is 0 Å². The summed E-state index contributed by atoms with van der Waals surface area (Å²) in [4.78, 5) is 11.9. The largest absolute Gasteiger partial charge is 0.383 e. The van der Waals surface area contributed by atoms with E-state index in [0.717, 1.165) is 18.7 Å². The molecule has 4 nitrogen and oxygen atoms in total. The molecule has 0 unspecified atom stereocenters. The minimum atomic E-state index is -0.928. The zero-order valence-corrected chi connectivity index (χ0v) is 11.4. The Hall–Kier alpha value is -2.24. The van der Waals surface area contributed by atoms with Crippen molar-refractivity contribution >= 4 is 5.69 Å². The van der Waals surface area contributed by atoms with Crippen LogP contribution in [0, 0.1) is 17.6 Å². The Kier molecular flexibility index (Phi) is 3.68. The van der Waals surface area contributed by atoms with Gasteiger partial charge in [-0.05, 0) is 36.5 Å². The minimum Gasteiger partial charge on any atom is -0.383 e. The second-order valence-electron chi connectivity index (χ2n) is 5.31. The van der Waals surface area contributed by atoms with Gasteiger partial charge in [0.2, 0.25) is 0 Å². The highest BCUT2D eigenvalue weighted by Crippen LogP contribution is 2.28. The predicted molar refractivity (Wildman–Crippen MR) is 75.2 cm³/mol. The van der Waals surface area contributed by atoms with Gasteiger partial charge >= 0.3 is 0 Å². The van der Waals surface area contributed by atoms with Gasteiger partial charge in [0.1, 0.15) is 0 Å². The molecule has 1 heterocycles. The van der Waals surface area contributed by atoms with Crippen molar-refractivity contribution in [2.45, 2.75) is 19.4 Å². The van der Waals surface area contributed by atoms with Crippen LogP contribution in [-0.4, -0.2) is 16.3 Å². The van der Waals surface area contributed by atoms with Crippen molar-refractivity contribution in [3.8, 4) is 0 Å². The lowest BCUT2D eigenvalue weighted by atomic mass is 10.2. The molecule has 0 bridgehead atoms. The maximum absolute atomic E-state index is 13.1. The van der Waals surface area contributed by atoms with Gasteiger partial charge in [-0.3, -0.25) is 4.79 Å². The van der Waals surface area contributed by atoms with E-state index in [0.29, 0.717) is 17.2 Å². The Morgan fingerprint density at radius 3 is 2.71 bits per heavy atom. The molecule has 1 aliphatic rings. The number of hydrogen-bond donors (Lipinski definition) is 1. The van der Waals surface area contributed by atoms with Gasteiger partial charge in [-0.25, -0.2) is 13.5 Å². The van der Waals surface area contributed by atoms with Crippen LogP contribution < -0.4 is 10.9 Å². The molecule has 1 fully saturated rings. The summed E-state index contributed by atoms with van der Waals surface area (Å²) in [5, 5.41) is 7.22. The Labute approximate surface area is 120 Å². The van der Waals surface area contributed by atoms with E-state index in [2.05, 4.69) is 10.4 Å². The maximum atomic E-state index is 13.1. The first-order valence-electron chi connectivity index (χ1n) is 6.87. The van der Waals surface area contributed by atoms with Gasteiger partial charge in [-0.15, -0.1) is 0 Å². The summed E-state index contributed by atoms with van der Waals surface area (Å²) in [5.74, 6) is -1.13. The SMILES string of the molecule is O=c1cc(NCC2CC2)cnn1Cc1ccc(F)c(F)c1. The summed E-state index contributed by atoms with van der Waals surface area (Å²) in [6, 6.07) is 5.02. The Bertz CT molecular complexity index is 710. The third-order valence-electron chi connectivity index (χ3n) is 3.48. The third-order valence-corrected chi connectivity index (χ3v) is 3.48. The molecule has 0 amide bonds. The molecule has 21 heavy (non-hydrogen) atoms. The number of benzene rings is 1. The molecular weight excluding hydrogens is 276 g/mol. The number of aromatic nitrogens is 2. The average Bonchev–Trinajstić information content (AvgIpc) is 3.27. The van der Waals surface area contributed by atoms with E-state index in [4.69, 9.17) is 0 Å². The van der Waals surface area contributed by atoms with Crippen LogP contribution in [0.25, 0.3) is 0 Å². The second-order valence-corrected chi connectivity index (χ2v) is 5.31. The predicted octanol–water partition coefficient (Wildman–Crippen LogP) is 2.39. The van der Waals surface area contributed by atoms with Crippen LogP contribution in [0.4, 0.5) is 14.5 Å². The number of hydrogen-bond acceptors (Lipinski definition) is 3. The molecule has 1 N–H and O–H groups in total. The molecule has 3 rings (SSSR count). The maximum Gasteiger partial charge on any atom is 0.269 e. The standard InChI is InChI=1S/C15H15F2N3O/c16-13-4-3-11(5-14(13)17)9-20-15(21)6-12(8-19-20)18-7-10-1-2-10/h3-6,8,10,18H,1-2,7,9H2. The third kappa shape index (κ3) is 3.45. The fourth-order valence-electron chi connectivity index (χ4n) is 2.04. The van der Waals surface area contributed by atoms with E-state index in [1.807, 2.05) is 0 Å². The lowest BCUT2D eigenvalue weighted by molar-refractivity contribution is 0.505. The summed E-state index contributed by atoms with van der Waals surface area (Å²) in [6.07, 6.45) is 4.03. The molecule has 2 aromatic rings. The molecule has 1 saturated carbocycles. The average molecular weight is 291 g/mol. The molecule has 0 radical (unpaired) electrons. The van der Waals surface area contributed by atoms with Crippen LogP contribution in [0.5, 0.6) is 0 Å². The highest BCUT2D eigenvalue weighted by molar-refractivity contribution is 5.39.